The fraction of sp³-hybridized carbons (Fsp3) is 0.214. The molecule has 1 fully saturated rings. The van der Waals surface area contributed by atoms with Crippen LogP contribution in [0.15, 0.2) is 34.9 Å². The molecule has 2 amide bonds. The van der Waals surface area contributed by atoms with Gasteiger partial charge in [-0.1, -0.05) is 0 Å². The number of carbonyl (C=O) groups is 2. The van der Waals surface area contributed by atoms with Crippen molar-refractivity contribution in [2.75, 3.05) is 10.6 Å². The zero-order valence-electron chi connectivity index (χ0n) is 10.9. The molecule has 0 saturated heterocycles. The van der Waals surface area contributed by atoms with Crippen molar-refractivity contribution < 1.29 is 18.4 Å². The maximum atomic E-state index is 12.8. The first-order chi connectivity index (χ1) is 10.1. The van der Waals surface area contributed by atoms with Crippen LogP contribution in [0.2, 0.25) is 0 Å². The number of amides is 2. The highest BCUT2D eigenvalue weighted by molar-refractivity contribution is 6.03. The quantitative estimate of drug-likeness (QED) is 0.905. The molecule has 1 heterocycles. The van der Waals surface area contributed by atoms with Gasteiger partial charge >= 0.3 is 6.01 Å². The minimum atomic E-state index is -0.503. The molecule has 6 nitrogen and oxygen atoms in total. The number of oxazole rings is 1. The average molecular weight is 289 g/mol. The van der Waals surface area contributed by atoms with Crippen LogP contribution in [0, 0.1) is 11.7 Å². The van der Waals surface area contributed by atoms with E-state index >= 15 is 0 Å². The van der Waals surface area contributed by atoms with E-state index in [2.05, 4.69) is 15.6 Å². The number of rotatable bonds is 4. The summed E-state index contributed by atoms with van der Waals surface area (Å²) in [5.74, 6) is -1.02. The lowest BCUT2D eigenvalue weighted by molar-refractivity contribution is -0.117. The minimum absolute atomic E-state index is 0.00356. The van der Waals surface area contributed by atoms with Gasteiger partial charge in [-0.05, 0) is 37.1 Å². The van der Waals surface area contributed by atoms with Crippen LogP contribution in [-0.4, -0.2) is 16.8 Å². The number of halogens is 1. The number of aromatic nitrogens is 1. The Morgan fingerprint density at radius 2 is 1.90 bits per heavy atom. The molecule has 108 valence electrons. The summed E-state index contributed by atoms with van der Waals surface area (Å²) in [6.07, 6.45) is 2.89. The van der Waals surface area contributed by atoms with E-state index in [-0.39, 0.29) is 29.4 Å². The maximum Gasteiger partial charge on any atom is 0.302 e. The van der Waals surface area contributed by atoms with E-state index in [0.717, 1.165) is 19.1 Å². The van der Waals surface area contributed by atoms with Gasteiger partial charge in [0.25, 0.3) is 5.91 Å². The Morgan fingerprint density at radius 3 is 2.57 bits per heavy atom. The fourth-order valence-corrected chi connectivity index (χ4v) is 1.72. The number of hydrogen-bond acceptors (Lipinski definition) is 4. The Kier molecular flexibility index (Phi) is 3.39. The number of carbonyl (C=O) groups excluding carboxylic acids is 2. The zero-order chi connectivity index (χ0) is 14.8. The van der Waals surface area contributed by atoms with Crippen molar-refractivity contribution in [3.05, 3.63) is 42.0 Å². The van der Waals surface area contributed by atoms with Crippen LogP contribution >= 0.6 is 0 Å². The second-order valence-electron chi connectivity index (χ2n) is 4.76. The van der Waals surface area contributed by atoms with E-state index in [1.807, 2.05) is 0 Å². The van der Waals surface area contributed by atoms with Gasteiger partial charge in [-0.15, -0.1) is 0 Å². The van der Waals surface area contributed by atoms with Crippen molar-refractivity contribution in [2.24, 2.45) is 5.92 Å². The molecule has 21 heavy (non-hydrogen) atoms. The first-order valence-corrected chi connectivity index (χ1v) is 6.45. The number of nitrogens with zero attached hydrogens (tertiary/aromatic N) is 1. The van der Waals surface area contributed by atoms with Crippen molar-refractivity contribution in [3.8, 4) is 0 Å². The number of nitrogens with one attached hydrogen (secondary N) is 2. The highest BCUT2D eigenvalue weighted by Gasteiger charge is 2.30. The summed E-state index contributed by atoms with van der Waals surface area (Å²) in [4.78, 5) is 27.3. The number of anilines is 2. The lowest BCUT2D eigenvalue weighted by Crippen LogP contribution is -2.15. The molecular formula is C14H12FN3O3. The van der Waals surface area contributed by atoms with Crippen molar-refractivity contribution in [3.63, 3.8) is 0 Å². The van der Waals surface area contributed by atoms with Crippen LogP contribution in [0.5, 0.6) is 0 Å². The van der Waals surface area contributed by atoms with Crippen LogP contribution in [0.3, 0.4) is 0 Å². The van der Waals surface area contributed by atoms with Crippen LogP contribution < -0.4 is 10.6 Å². The second kappa shape index (κ2) is 5.35. The van der Waals surface area contributed by atoms with E-state index in [9.17, 15) is 14.0 Å². The van der Waals surface area contributed by atoms with Crippen LogP contribution in [0.25, 0.3) is 0 Å². The molecule has 0 radical (unpaired) electrons. The van der Waals surface area contributed by atoms with Gasteiger partial charge in [0.2, 0.25) is 5.91 Å². The predicted molar refractivity (Wildman–Crippen MR) is 72.2 cm³/mol. The molecule has 2 N–H and O–H groups in total. The molecular weight excluding hydrogens is 277 g/mol. The average Bonchev–Trinajstić information content (AvgIpc) is 3.22. The van der Waals surface area contributed by atoms with Crippen LogP contribution in [0.1, 0.15) is 23.3 Å². The molecule has 0 spiro atoms. The third kappa shape index (κ3) is 3.25. The largest absolute Gasteiger partial charge is 0.431 e. The summed E-state index contributed by atoms with van der Waals surface area (Å²) >= 11 is 0. The monoisotopic (exact) mass is 289 g/mol. The molecule has 1 aromatic carbocycles. The highest BCUT2D eigenvalue weighted by atomic mass is 19.1. The van der Waals surface area contributed by atoms with E-state index < -0.39 is 5.91 Å². The summed E-state index contributed by atoms with van der Waals surface area (Å²) in [5.41, 5.74) is 0.471. The van der Waals surface area contributed by atoms with E-state index in [0.29, 0.717) is 5.69 Å². The van der Waals surface area contributed by atoms with E-state index in [4.69, 9.17) is 4.42 Å². The summed E-state index contributed by atoms with van der Waals surface area (Å²) in [6.45, 7) is 0. The van der Waals surface area contributed by atoms with E-state index in [1.54, 1.807) is 0 Å². The smallest absolute Gasteiger partial charge is 0.302 e. The molecule has 0 unspecified atom stereocenters. The first-order valence-electron chi connectivity index (χ1n) is 6.45. The minimum Gasteiger partial charge on any atom is -0.431 e. The molecule has 2 aromatic rings. The SMILES string of the molecule is O=C(Nc1ccc(F)cc1)c1coc(NC(=O)C2CC2)n1. The molecule has 1 aliphatic carbocycles. The van der Waals surface area contributed by atoms with Crippen molar-refractivity contribution >= 4 is 23.5 Å². The first kappa shape index (κ1) is 13.3. The summed E-state index contributed by atoms with van der Waals surface area (Å²) in [7, 11) is 0. The highest BCUT2D eigenvalue weighted by Crippen LogP contribution is 2.30. The normalized spacial score (nSPS) is 13.8. The molecule has 0 bridgehead atoms. The van der Waals surface area contributed by atoms with Crippen molar-refractivity contribution in [1.82, 2.24) is 4.98 Å². The van der Waals surface area contributed by atoms with Gasteiger partial charge in [-0.2, -0.15) is 4.98 Å². The Labute approximate surface area is 119 Å². The zero-order valence-corrected chi connectivity index (χ0v) is 10.9. The standard InChI is InChI=1S/C14H12FN3O3/c15-9-3-5-10(6-4-9)16-13(20)11-7-21-14(17-11)18-12(19)8-1-2-8/h3-8H,1-2H2,(H,16,20)(H,17,18,19). The summed E-state index contributed by atoms with van der Waals surface area (Å²) in [5, 5.41) is 5.05. The van der Waals surface area contributed by atoms with Crippen molar-refractivity contribution in [1.29, 1.82) is 0 Å². The lowest BCUT2D eigenvalue weighted by atomic mass is 10.3. The van der Waals surface area contributed by atoms with Gasteiger partial charge in [0.05, 0.1) is 0 Å². The van der Waals surface area contributed by atoms with Gasteiger partial charge in [0.15, 0.2) is 5.69 Å². The van der Waals surface area contributed by atoms with Gasteiger partial charge < -0.3 is 9.73 Å². The predicted octanol–water partition coefficient (Wildman–Crippen LogP) is 2.41. The molecule has 1 aromatic heterocycles. The Balaban J connectivity index is 1.63. The molecule has 0 atom stereocenters. The lowest BCUT2D eigenvalue weighted by Gasteiger charge is -2.01. The Morgan fingerprint density at radius 1 is 1.19 bits per heavy atom. The Hall–Kier alpha value is -2.70. The van der Waals surface area contributed by atoms with Crippen LogP contribution in [0.4, 0.5) is 16.1 Å². The van der Waals surface area contributed by atoms with Crippen LogP contribution in [-0.2, 0) is 4.79 Å². The molecule has 1 aliphatic rings. The third-order valence-corrected chi connectivity index (χ3v) is 3.02. The number of benzene rings is 1. The van der Waals surface area contributed by atoms with Crippen molar-refractivity contribution in [2.45, 2.75) is 12.8 Å². The van der Waals surface area contributed by atoms with Gasteiger partial charge in [-0.3, -0.25) is 14.9 Å². The third-order valence-electron chi connectivity index (χ3n) is 3.02. The number of hydrogen-bond donors (Lipinski definition) is 2. The fourth-order valence-electron chi connectivity index (χ4n) is 1.72. The van der Waals surface area contributed by atoms with Gasteiger partial charge in [-0.25, -0.2) is 4.39 Å². The summed E-state index contributed by atoms with van der Waals surface area (Å²) in [6, 6.07) is 5.34. The second-order valence-corrected chi connectivity index (χ2v) is 4.76. The van der Waals surface area contributed by atoms with Gasteiger partial charge in [0, 0.05) is 11.6 Å². The van der Waals surface area contributed by atoms with Gasteiger partial charge in [0.1, 0.15) is 12.1 Å². The topological polar surface area (TPSA) is 84.2 Å². The molecule has 1 saturated carbocycles. The van der Waals surface area contributed by atoms with E-state index in [1.165, 1.54) is 24.3 Å². The Bertz CT molecular complexity index is 677. The summed E-state index contributed by atoms with van der Waals surface area (Å²) < 4.78 is 17.8. The molecule has 0 aliphatic heterocycles. The molecule has 3 rings (SSSR count). The molecule has 7 heteroatoms. The maximum absolute atomic E-state index is 12.8.